The van der Waals surface area contributed by atoms with Crippen molar-refractivity contribution in [1.29, 1.82) is 5.26 Å². The number of hydrogen-bond donors (Lipinski definition) is 2. The Balaban J connectivity index is 2.22. The Bertz CT molecular complexity index is 813. The molecule has 21 heavy (non-hydrogen) atoms. The predicted molar refractivity (Wildman–Crippen MR) is 76.0 cm³/mol. The van der Waals surface area contributed by atoms with Gasteiger partial charge in [0.05, 0.1) is 11.6 Å². The summed E-state index contributed by atoms with van der Waals surface area (Å²) < 4.78 is 40.0. The fourth-order valence-electron chi connectivity index (χ4n) is 1.73. The van der Waals surface area contributed by atoms with Crippen molar-refractivity contribution in [2.24, 2.45) is 0 Å². The zero-order chi connectivity index (χ0) is 15.5. The molecule has 108 valence electrons. The van der Waals surface area contributed by atoms with E-state index in [9.17, 15) is 12.8 Å². The molecule has 0 amide bonds. The number of nitrogen functional groups attached to an aromatic ring is 1. The number of sulfonamides is 1. The van der Waals surface area contributed by atoms with Crippen molar-refractivity contribution >= 4 is 15.7 Å². The van der Waals surface area contributed by atoms with Crippen molar-refractivity contribution in [3.05, 3.63) is 59.4 Å². The standard InChI is InChI=1S/C14H12FN3O2S/c15-13-5-4-12(17)7-14(13)21(19,20)18-9-11-3-1-2-10(6-11)8-16/h1-7,18H,9,17H2. The summed E-state index contributed by atoms with van der Waals surface area (Å²) in [5.74, 6) is -0.873. The SMILES string of the molecule is N#Cc1cccc(CNS(=O)(=O)c2cc(N)ccc2F)c1. The highest BCUT2D eigenvalue weighted by atomic mass is 32.2. The molecule has 2 aromatic carbocycles. The molecule has 0 aliphatic rings. The van der Waals surface area contributed by atoms with Crippen molar-refractivity contribution in [2.45, 2.75) is 11.4 Å². The van der Waals surface area contributed by atoms with Gasteiger partial charge in [-0.15, -0.1) is 0 Å². The first-order valence-electron chi connectivity index (χ1n) is 5.96. The minimum atomic E-state index is -4.02. The monoisotopic (exact) mass is 305 g/mol. The first-order chi connectivity index (χ1) is 9.92. The normalized spacial score (nSPS) is 11.0. The molecule has 3 N–H and O–H groups in total. The third-order valence-corrected chi connectivity index (χ3v) is 4.18. The summed E-state index contributed by atoms with van der Waals surface area (Å²) >= 11 is 0. The number of halogens is 1. The number of rotatable bonds is 4. The molecule has 7 heteroatoms. The molecular weight excluding hydrogens is 293 g/mol. The van der Waals surface area contributed by atoms with E-state index in [-0.39, 0.29) is 12.2 Å². The topological polar surface area (TPSA) is 96.0 Å². The Morgan fingerprint density at radius 2 is 2.00 bits per heavy atom. The second-order valence-corrected chi connectivity index (χ2v) is 6.06. The third kappa shape index (κ3) is 3.56. The van der Waals surface area contributed by atoms with Crippen LogP contribution in [0.15, 0.2) is 47.4 Å². The van der Waals surface area contributed by atoms with Crippen molar-refractivity contribution in [3.8, 4) is 6.07 Å². The Hall–Kier alpha value is -2.43. The summed E-state index contributed by atoms with van der Waals surface area (Å²) in [5.41, 5.74) is 6.65. The molecule has 0 atom stereocenters. The highest BCUT2D eigenvalue weighted by molar-refractivity contribution is 7.89. The van der Waals surface area contributed by atoms with Crippen LogP contribution in [-0.4, -0.2) is 8.42 Å². The van der Waals surface area contributed by atoms with Crippen LogP contribution in [0.25, 0.3) is 0 Å². The van der Waals surface area contributed by atoms with Gasteiger partial charge in [0, 0.05) is 12.2 Å². The smallest absolute Gasteiger partial charge is 0.243 e. The lowest BCUT2D eigenvalue weighted by atomic mass is 10.1. The fraction of sp³-hybridized carbons (Fsp3) is 0.0714. The van der Waals surface area contributed by atoms with Crippen LogP contribution in [0.2, 0.25) is 0 Å². The minimum absolute atomic E-state index is 0.0495. The van der Waals surface area contributed by atoms with Gasteiger partial charge in [-0.3, -0.25) is 0 Å². The number of nitrogens with one attached hydrogen (secondary N) is 1. The van der Waals surface area contributed by atoms with Gasteiger partial charge in [0.1, 0.15) is 10.7 Å². The van der Waals surface area contributed by atoms with Crippen molar-refractivity contribution in [1.82, 2.24) is 4.72 Å². The lowest BCUT2D eigenvalue weighted by Crippen LogP contribution is -2.24. The van der Waals surface area contributed by atoms with E-state index >= 15 is 0 Å². The van der Waals surface area contributed by atoms with E-state index in [0.29, 0.717) is 11.1 Å². The minimum Gasteiger partial charge on any atom is -0.399 e. The van der Waals surface area contributed by atoms with Crippen LogP contribution in [0.1, 0.15) is 11.1 Å². The maximum absolute atomic E-state index is 13.6. The molecular formula is C14H12FN3O2S. The van der Waals surface area contributed by atoms with Gasteiger partial charge in [-0.25, -0.2) is 17.5 Å². The molecule has 2 aromatic rings. The molecule has 0 bridgehead atoms. The van der Waals surface area contributed by atoms with E-state index in [1.165, 1.54) is 6.07 Å². The number of nitriles is 1. The van der Waals surface area contributed by atoms with Gasteiger partial charge >= 0.3 is 0 Å². The van der Waals surface area contributed by atoms with E-state index < -0.39 is 20.7 Å². The third-order valence-electron chi connectivity index (χ3n) is 2.77. The molecule has 0 heterocycles. The average molecular weight is 305 g/mol. The van der Waals surface area contributed by atoms with Gasteiger partial charge in [0.15, 0.2) is 0 Å². The van der Waals surface area contributed by atoms with Crippen molar-refractivity contribution in [2.75, 3.05) is 5.73 Å². The molecule has 2 rings (SSSR count). The summed E-state index contributed by atoms with van der Waals surface area (Å²) in [6, 6.07) is 11.8. The van der Waals surface area contributed by atoms with Gasteiger partial charge in [0.2, 0.25) is 10.0 Å². The number of hydrogen-bond acceptors (Lipinski definition) is 4. The molecule has 5 nitrogen and oxygen atoms in total. The first kappa shape index (κ1) is 15.0. The lowest BCUT2D eigenvalue weighted by Gasteiger charge is -2.08. The molecule has 0 saturated carbocycles. The van der Waals surface area contributed by atoms with Crippen LogP contribution in [0.4, 0.5) is 10.1 Å². The number of anilines is 1. The Kier molecular flexibility index (Phi) is 4.21. The lowest BCUT2D eigenvalue weighted by molar-refractivity contribution is 0.557. The molecule has 0 saturated heterocycles. The number of benzene rings is 2. The predicted octanol–water partition coefficient (Wildman–Crippen LogP) is 1.76. The Morgan fingerprint density at radius 3 is 2.71 bits per heavy atom. The molecule has 0 spiro atoms. The van der Waals surface area contributed by atoms with Crippen LogP contribution < -0.4 is 10.5 Å². The molecule has 0 unspecified atom stereocenters. The zero-order valence-electron chi connectivity index (χ0n) is 10.9. The van der Waals surface area contributed by atoms with E-state index in [1.807, 2.05) is 6.07 Å². The second kappa shape index (κ2) is 5.91. The maximum Gasteiger partial charge on any atom is 0.243 e. The average Bonchev–Trinajstić information content (AvgIpc) is 2.48. The van der Waals surface area contributed by atoms with E-state index in [0.717, 1.165) is 12.1 Å². The van der Waals surface area contributed by atoms with E-state index in [4.69, 9.17) is 11.0 Å². The van der Waals surface area contributed by atoms with Gasteiger partial charge in [-0.1, -0.05) is 12.1 Å². The van der Waals surface area contributed by atoms with Gasteiger partial charge in [-0.2, -0.15) is 5.26 Å². The summed E-state index contributed by atoms with van der Waals surface area (Å²) in [7, 11) is -4.02. The molecule has 0 aliphatic carbocycles. The van der Waals surface area contributed by atoms with E-state index in [1.54, 1.807) is 24.3 Å². The van der Waals surface area contributed by atoms with Gasteiger partial charge in [-0.05, 0) is 35.9 Å². The van der Waals surface area contributed by atoms with Crippen LogP contribution in [-0.2, 0) is 16.6 Å². The summed E-state index contributed by atoms with van der Waals surface area (Å²) in [6.45, 7) is -0.0495. The van der Waals surface area contributed by atoms with Crippen LogP contribution in [0, 0.1) is 17.1 Å². The summed E-state index contributed by atoms with van der Waals surface area (Å²) in [4.78, 5) is -0.501. The van der Waals surface area contributed by atoms with Gasteiger partial charge < -0.3 is 5.73 Å². The highest BCUT2D eigenvalue weighted by Crippen LogP contribution is 2.18. The van der Waals surface area contributed by atoms with Crippen molar-refractivity contribution < 1.29 is 12.8 Å². The van der Waals surface area contributed by atoms with E-state index in [2.05, 4.69) is 4.72 Å². The van der Waals surface area contributed by atoms with Crippen LogP contribution in [0.5, 0.6) is 0 Å². The Labute approximate surface area is 121 Å². The summed E-state index contributed by atoms with van der Waals surface area (Å²) in [6.07, 6.45) is 0. The van der Waals surface area contributed by atoms with Crippen molar-refractivity contribution in [3.63, 3.8) is 0 Å². The van der Waals surface area contributed by atoms with Crippen LogP contribution >= 0.6 is 0 Å². The quantitative estimate of drug-likeness (QED) is 0.841. The maximum atomic E-state index is 13.6. The first-order valence-corrected chi connectivity index (χ1v) is 7.44. The second-order valence-electron chi connectivity index (χ2n) is 4.33. The van der Waals surface area contributed by atoms with Gasteiger partial charge in [0.25, 0.3) is 0 Å². The molecule has 0 aliphatic heterocycles. The summed E-state index contributed by atoms with van der Waals surface area (Å²) in [5, 5.41) is 8.78. The number of nitrogens with two attached hydrogens (primary N) is 1. The van der Waals surface area contributed by atoms with Crippen LogP contribution in [0.3, 0.4) is 0 Å². The molecule has 0 radical (unpaired) electrons. The Morgan fingerprint density at radius 1 is 1.24 bits per heavy atom. The molecule has 0 fully saturated rings. The molecule has 0 aromatic heterocycles. The zero-order valence-corrected chi connectivity index (χ0v) is 11.7. The highest BCUT2D eigenvalue weighted by Gasteiger charge is 2.19. The largest absolute Gasteiger partial charge is 0.399 e. The number of nitrogens with zero attached hydrogens (tertiary/aromatic N) is 1. The fourth-order valence-corrected chi connectivity index (χ4v) is 2.86.